The lowest BCUT2D eigenvalue weighted by Gasteiger charge is -2.05. The summed E-state index contributed by atoms with van der Waals surface area (Å²) in [5.74, 6) is -3.79. The normalized spacial score (nSPS) is 11.3. The minimum absolute atomic E-state index is 0.0654. The molecule has 1 N–H and O–H groups in total. The third-order valence-electron chi connectivity index (χ3n) is 1.59. The monoisotopic (exact) mass is 214 g/mol. The van der Waals surface area contributed by atoms with Gasteiger partial charge in [-0.2, -0.15) is 0 Å². The van der Waals surface area contributed by atoms with Crippen LogP contribution >= 0.6 is 0 Å². The van der Waals surface area contributed by atoms with Crippen LogP contribution in [0.4, 0.5) is 8.78 Å². The van der Waals surface area contributed by atoms with E-state index in [1.807, 2.05) is 0 Å². The lowest BCUT2D eigenvalue weighted by molar-refractivity contribution is -0.135. The van der Waals surface area contributed by atoms with Crippen LogP contribution in [0.25, 0.3) is 0 Å². The average Bonchev–Trinajstić information content (AvgIpc) is 2.19. The zero-order chi connectivity index (χ0) is 11.4. The highest BCUT2D eigenvalue weighted by Gasteiger charge is 2.10. The molecule has 0 atom stereocenters. The van der Waals surface area contributed by atoms with Gasteiger partial charge < -0.3 is 9.84 Å². The Bertz CT molecular complexity index is 413. The molecule has 3 nitrogen and oxygen atoms in total. The first-order valence-electron chi connectivity index (χ1n) is 4.07. The van der Waals surface area contributed by atoms with Crippen LogP contribution < -0.4 is 4.74 Å². The van der Waals surface area contributed by atoms with Crippen molar-refractivity contribution in [1.29, 1.82) is 0 Å². The van der Waals surface area contributed by atoms with Crippen LogP contribution in [0.3, 0.4) is 0 Å². The number of ether oxygens (including phenoxy) is 1. The van der Waals surface area contributed by atoms with Gasteiger partial charge in [0.15, 0.2) is 11.6 Å². The summed E-state index contributed by atoms with van der Waals surface area (Å²) in [6.07, 6.45) is 1.21. The molecule has 15 heavy (non-hydrogen) atoms. The highest BCUT2D eigenvalue weighted by atomic mass is 19.2. The largest absolute Gasteiger partial charge is 0.475 e. The van der Waals surface area contributed by atoms with Crippen LogP contribution in [-0.4, -0.2) is 11.1 Å². The SMILES string of the molecule is C/C=C(\Oc1ccc(F)c(F)c1)C(=O)O. The Balaban J connectivity index is 2.90. The summed E-state index contributed by atoms with van der Waals surface area (Å²) in [6.45, 7) is 1.46. The first kappa shape index (κ1) is 11.2. The molecule has 0 radical (unpaired) electrons. The minimum atomic E-state index is -1.28. The van der Waals surface area contributed by atoms with E-state index in [9.17, 15) is 13.6 Å². The predicted octanol–water partition coefficient (Wildman–Crippen LogP) is 2.33. The van der Waals surface area contributed by atoms with Crippen LogP contribution in [0.15, 0.2) is 30.0 Å². The standard InChI is InChI=1S/C10H8F2O3/c1-2-9(10(13)14)15-6-3-4-7(11)8(12)5-6/h2-5H,1H3,(H,13,14)/b9-2-. The van der Waals surface area contributed by atoms with Crippen molar-refractivity contribution in [3.05, 3.63) is 41.7 Å². The van der Waals surface area contributed by atoms with E-state index in [2.05, 4.69) is 0 Å². The van der Waals surface area contributed by atoms with Crippen LogP contribution in [-0.2, 0) is 4.79 Å². The quantitative estimate of drug-likeness (QED) is 0.620. The van der Waals surface area contributed by atoms with Crippen molar-refractivity contribution < 1.29 is 23.4 Å². The molecule has 0 amide bonds. The molecule has 5 heteroatoms. The van der Waals surface area contributed by atoms with Gasteiger partial charge in [-0.15, -0.1) is 0 Å². The Morgan fingerprint density at radius 3 is 2.53 bits per heavy atom. The Kier molecular flexibility index (Phi) is 3.38. The molecular formula is C10H8F2O3. The molecule has 0 aliphatic heterocycles. The summed E-state index contributed by atoms with van der Waals surface area (Å²) in [5.41, 5.74) is 0. The van der Waals surface area contributed by atoms with Gasteiger partial charge in [-0.05, 0) is 25.1 Å². The summed E-state index contributed by atoms with van der Waals surface area (Å²) in [4.78, 5) is 10.5. The van der Waals surface area contributed by atoms with Crippen molar-refractivity contribution in [3.63, 3.8) is 0 Å². The summed E-state index contributed by atoms with van der Waals surface area (Å²) in [6, 6.07) is 2.78. The molecule has 1 aromatic carbocycles. The number of benzene rings is 1. The molecule has 0 spiro atoms. The third-order valence-corrected chi connectivity index (χ3v) is 1.59. The number of allylic oxidation sites excluding steroid dienone is 1. The van der Waals surface area contributed by atoms with Crippen molar-refractivity contribution in [3.8, 4) is 5.75 Å². The molecule has 0 bridgehead atoms. The van der Waals surface area contributed by atoms with E-state index in [1.165, 1.54) is 13.0 Å². The average molecular weight is 214 g/mol. The number of carboxylic acids is 1. The molecule has 1 aromatic rings. The van der Waals surface area contributed by atoms with Crippen molar-refractivity contribution in [2.75, 3.05) is 0 Å². The number of hydrogen-bond donors (Lipinski definition) is 1. The maximum atomic E-state index is 12.7. The highest BCUT2D eigenvalue weighted by molar-refractivity contribution is 5.84. The van der Waals surface area contributed by atoms with E-state index in [0.29, 0.717) is 0 Å². The van der Waals surface area contributed by atoms with E-state index in [1.54, 1.807) is 0 Å². The lowest BCUT2D eigenvalue weighted by Crippen LogP contribution is -2.07. The van der Waals surface area contributed by atoms with Crippen LogP contribution in [0, 0.1) is 11.6 Å². The van der Waals surface area contributed by atoms with Gasteiger partial charge in [0.05, 0.1) is 0 Å². The van der Waals surface area contributed by atoms with Gasteiger partial charge in [0.2, 0.25) is 5.76 Å². The molecule has 0 saturated carbocycles. The van der Waals surface area contributed by atoms with Crippen LogP contribution in [0.5, 0.6) is 5.75 Å². The summed E-state index contributed by atoms with van der Waals surface area (Å²) >= 11 is 0. The number of aliphatic carboxylic acids is 1. The molecule has 0 aromatic heterocycles. The second-order valence-electron chi connectivity index (χ2n) is 2.64. The highest BCUT2D eigenvalue weighted by Crippen LogP contribution is 2.17. The lowest BCUT2D eigenvalue weighted by atomic mass is 10.3. The Labute approximate surface area is 84.6 Å². The number of carboxylic acid groups (broad SMARTS) is 1. The number of halogens is 2. The smallest absolute Gasteiger partial charge is 0.371 e. The summed E-state index contributed by atoms with van der Waals surface area (Å²) < 4.78 is 30.0. The maximum Gasteiger partial charge on any atom is 0.371 e. The van der Waals surface area contributed by atoms with Gasteiger partial charge in [0, 0.05) is 6.07 Å². The summed E-state index contributed by atoms with van der Waals surface area (Å²) in [5, 5.41) is 8.60. The molecule has 80 valence electrons. The van der Waals surface area contributed by atoms with Gasteiger partial charge in [-0.1, -0.05) is 0 Å². The molecule has 0 heterocycles. The Morgan fingerprint density at radius 1 is 1.40 bits per heavy atom. The summed E-state index contributed by atoms with van der Waals surface area (Å²) in [7, 11) is 0. The van der Waals surface area contributed by atoms with Crippen molar-refractivity contribution in [2.45, 2.75) is 6.92 Å². The zero-order valence-corrected chi connectivity index (χ0v) is 7.83. The molecule has 1 rings (SSSR count). The molecular weight excluding hydrogens is 206 g/mol. The second kappa shape index (κ2) is 4.54. The Morgan fingerprint density at radius 2 is 2.07 bits per heavy atom. The first-order chi connectivity index (χ1) is 7.04. The van der Waals surface area contributed by atoms with Gasteiger partial charge in [-0.25, -0.2) is 13.6 Å². The van der Waals surface area contributed by atoms with Gasteiger partial charge in [0.25, 0.3) is 0 Å². The number of rotatable bonds is 3. The molecule has 0 saturated heterocycles. The minimum Gasteiger partial charge on any atom is -0.475 e. The topological polar surface area (TPSA) is 46.5 Å². The van der Waals surface area contributed by atoms with Crippen LogP contribution in [0.1, 0.15) is 6.92 Å². The van der Waals surface area contributed by atoms with E-state index in [-0.39, 0.29) is 11.5 Å². The molecule has 0 aliphatic carbocycles. The van der Waals surface area contributed by atoms with E-state index in [0.717, 1.165) is 18.2 Å². The molecule has 0 fully saturated rings. The second-order valence-corrected chi connectivity index (χ2v) is 2.64. The van der Waals surface area contributed by atoms with Crippen molar-refractivity contribution >= 4 is 5.97 Å². The van der Waals surface area contributed by atoms with E-state index < -0.39 is 17.6 Å². The van der Waals surface area contributed by atoms with Crippen molar-refractivity contribution in [2.24, 2.45) is 0 Å². The first-order valence-corrected chi connectivity index (χ1v) is 4.07. The number of hydrogen-bond acceptors (Lipinski definition) is 2. The van der Waals surface area contributed by atoms with E-state index >= 15 is 0 Å². The van der Waals surface area contributed by atoms with Crippen molar-refractivity contribution in [1.82, 2.24) is 0 Å². The fourth-order valence-corrected chi connectivity index (χ4v) is 0.893. The Hall–Kier alpha value is -1.91. The van der Waals surface area contributed by atoms with Gasteiger partial charge in [-0.3, -0.25) is 0 Å². The fourth-order valence-electron chi connectivity index (χ4n) is 0.893. The van der Waals surface area contributed by atoms with E-state index in [4.69, 9.17) is 9.84 Å². The number of carbonyl (C=O) groups is 1. The predicted molar refractivity (Wildman–Crippen MR) is 48.4 cm³/mol. The third kappa shape index (κ3) is 2.77. The fraction of sp³-hybridized carbons (Fsp3) is 0.100. The van der Waals surface area contributed by atoms with Gasteiger partial charge in [0.1, 0.15) is 5.75 Å². The maximum absolute atomic E-state index is 12.7. The molecule has 0 unspecified atom stereocenters. The zero-order valence-electron chi connectivity index (χ0n) is 7.83. The van der Waals surface area contributed by atoms with Gasteiger partial charge >= 0.3 is 5.97 Å². The molecule has 0 aliphatic rings. The van der Waals surface area contributed by atoms with Crippen LogP contribution in [0.2, 0.25) is 0 Å².